The molecule has 6 heteroatoms. The Morgan fingerprint density at radius 3 is 2.17 bits per heavy atom. The van der Waals surface area contributed by atoms with Crippen LogP contribution in [0.4, 0.5) is 0 Å². The molecule has 1 aromatic rings. The molecule has 0 saturated carbocycles. The topological polar surface area (TPSA) is 95.9 Å². The van der Waals surface area contributed by atoms with Gasteiger partial charge >= 0.3 is 11.9 Å². The maximum atomic E-state index is 9.10. The molecule has 6 nitrogen and oxygen atoms in total. The van der Waals surface area contributed by atoms with E-state index >= 15 is 0 Å². The number of benzene rings is 1. The summed E-state index contributed by atoms with van der Waals surface area (Å²) in [7, 11) is 0. The zero-order valence-corrected chi connectivity index (χ0v) is 15.1. The summed E-state index contributed by atoms with van der Waals surface area (Å²) in [6.45, 7) is 12.6. The van der Waals surface area contributed by atoms with E-state index in [0.29, 0.717) is 12.0 Å². The van der Waals surface area contributed by atoms with Crippen molar-refractivity contribution < 1.29 is 24.5 Å². The number of hydrogen-bond acceptors (Lipinski definition) is 4. The van der Waals surface area contributed by atoms with E-state index < -0.39 is 11.9 Å². The van der Waals surface area contributed by atoms with Crippen LogP contribution in [0.5, 0.6) is 5.75 Å². The van der Waals surface area contributed by atoms with Crippen molar-refractivity contribution in [2.45, 2.75) is 53.0 Å². The second-order valence-corrected chi connectivity index (χ2v) is 5.96. The van der Waals surface area contributed by atoms with Gasteiger partial charge in [0.05, 0.1) is 0 Å². The highest BCUT2D eigenvalue weighted by atomic mass is 16.5. The molecular weight excluding hydrogens is 310 g/mol. The van der Waals surface area contributed by atoms with E-state index in [4.69, 9.17) is 24.5 Å². The fraction of sp³-hybridized carbons (Fsp3) is 0.556. The average Bonchev–Trinajstić information content (AvgIpc) is 2.51. The van der Waals surface area contributed by atoms with Gasteiger partial charge in [0.1, 0.15) is 12.4 Å². The molecular formula is C18H29NO5. The van der Waals surface area contributed by atoms with Gasteiger partial charge in [0, 0.05) is 12.6 Å². The third-order valence-electron chi connectivity index (χ3n) is 3.40. The third-order valence-corrected chi connectivity index (χ3v) is 3.40. The van der Waals surface area contributed by atoms with Gasteiger partial charge in [0.2, 0.25) is 0 Å². The molecule has 0 aliphatic heterocycles. The molecule has 0 radical (unpaired) electrons. The summed E-state index contributed by atoms with van der Waals surface area (Å²) in [4.78, 5) is 18.2. The van der Waals surface area contributed by atoms with Crippen molar-refractivity contribution in [3.63, 3.8) is 0 Å². The zero-order valence-electron chi connectivity index (χ0n) is 15.1. The maximum absolute atomic E-state index is 9.10. The molecule has 0 fully saturated rings. The van der Waals surface area contributed by atoms with Crippen LogP contribution in [0.15, 0.2) is 18.2 Å². The minimum Gasteiger partial charge on any atom is -0.492 e. The van der Waals surface area contributed by atoms with E-state index in [1.807, 2.05) is 0 Å². The summed E-state index contributed by atoms with van der Waals surface area (Å²) >= 11 is 0. The van der Waals surface area contributed by atoms with Gasteiger partial charge in [-0.1, -0.05) is 26.8 Å². The molecule has 1 rings (SSSR count). The number of carboxylic acids is 2. The number of carbonyl (C=O) groups is 2. The molecule has 0 aromatic heterocycles. The van der Waals surface area contributed by atoms with Crippen LogP contribution in [0.2, 0.25) is 0 Å². The van der Waals surface area contributed by atoms with Crippen molar-refractivity contribution in [2.75, 3.05) is 13.2 Å². The first-order valence-corrected chi connectivity index (χ1v) is 8.11. The Morgan fingerprint density at radius 1 is 1.12 bits per heavy atom. The highest BCUT2D eigenvalue weighted by Gasteiger charge is 2.04. The highest BCUT2D eigenvalue weighted by Crippen LogP contribution is 2.22. The summed E-state index contributed by atoms with van der Waals surface area (Å²) in [6.07, 6.45) is 1.15. The summed E-state index contributed by atoms with van der Waals surface area (Å²) in [5.41, 5.74) is 2.62. The standard InChI is InChI=1S/C16H27NO.C2H2O4/c1-6-14(5)17-7-8-18-16-10-13(4)9-15(11-16)12(2)3;3-1(4)2(5)6/h9-12,14,17H,6-8H2,1-5H3;(H,3,4)(H,5,6). The van der Waals surface area contributed by atoms with E-state index in [2.05, 4.69) is 58.1 Å². The van der Waals surface area contributed by atoms with E-state index in [0.717, 1.165) is 25.3 Å². The average molecular weight is 339 g/mol. The Morgan fingerprint density at radius 2 is 1.71 bits per heavy atom. The van der Waals surface area contributed by atoms with Gasteiger partial charge in [-0.25, -0.2) is 9.59 Å². The van der Waals surface area contributed by atoms with Crippen molar-refractivity contribution in [3.05, 3.63) is 29.3 Å². The number of nitrogens with one attached hydrogen (secondary N) is 1. The molecule has 0 saturated heterocycles. The molecule has 3 N–H and O–H groups in total. The van der Waals surface area contributed by atoms with E-state index in [1.165, 1.54) is 11.1 Å². The van der Waals surface area contributed by atoms with Crippen LogP contribution in [-0.4, -0.2) is 41.3 Å². The smallest absolute Gasteiger partial charge is 0.414 e. The molecule has 1 unspecified atom stereocenters. The van der Waals surface area contributed by atoms with Crippen LogP contribution in [0, 0.1) is 6.92 Å². The number of aliphatic carboxylic acids is 2. The fourth-order valence-corrected chi connectivity index (χ4v) is 1.81. The van der Waals surface area contributed by atoms with Gasteiger partial charge < -0.3 is 20.3 Å². The number of hydrogen-bond donors (Lipinski definition) is 3. The predicted molar refractivity (Wildman–Crippen MR) is 93.8 cm³/mol. The van der Waals surface area contributed by atoms with Crippen molar-refractivity contribution in [2.24, 2.45) is 0 Å². The highest BCUT2D eigenvalue weighted by molar-refractivity contribution is 6.27. The molecule has 0 aliphatic carbocycles. The lowest BCUT2D eigenvalue weighted by atomic mass is 10.0. The summed E-state index contributed by atoms with van der Waals surface area (Å²) < 4.78 is 5.81. The van der Waals surface area contributed by atoms with Gasteiger partial charge in [-0.05, 0) is 49.4 Å². The molecule has 0 amide bonds. The molecule has 0 spiro atoms. The van der Waals surface area contributed by atoms with Gasteiger partial charge in [-0.15, -0.1) is 0 Å². The predicted octanol–water partition coefficient (Wildman–Crippen LogP) is 3.04. The molecule has 1 atom stereocenters. The molecule has 0 heterocycles. The molecule has 24 heavy (non-hydrogen) atoms. The van der Waals surface area contributed by atoms with Crippen LogP contribution in [0.25, 0.3) is 0 Å². The lowest BCUT2D eigenvalue weighted by molar-refractivity contribution is -0.159. The first-order chi connectivity index (χ1) is 11.2. The molecule has 1 aromatic carbocycles. The van der Waals surface area contributed by atoms with Crippen molar-refractivity contribution >= 4 is 11.9 Å². The number of ether oxygens (including phenoxy) is 1. The van der Waals surface area contributed by atoms with Crippen LogP contribution in [-0.2, 0) is 9.59 Å². The maximum Gasteiger partial charge on any atom is 0.414 e. The van der Waals surface area contributed by atoms with E-state index in [-0.39, 0.29) is 0 Å². The fourth-order valence-electron chi connectivity index (χ4n) is 1.81. The Kier molecular flexibility index (Phi) is 10.5. The number of carboxylic acid groups (broad SMARTS) is 2. The second-order valence-electron chi connectivity index (χ2n) is 5.96. The summed E-state index contributed by atoms with van der Waals surface area (Å²) in [5, 5.41) is 18.2. The van der Waals surface area contributed by atoms with Crippen LogP contribution in [0.3, 0.4) is 0 Å². The lowest BCUT2D eigenvalue weighted by Gasteiger charge is -2.14. The van der Waals surface area contributed by atoms with Gasteiger partial charge in [0.25, 0.3) is 0 Å². The molecule has 0 bridgehead atoms. The van der Waals surface area contributed by atoms with Crippen LogP contribution >= 0.6 is 0 Å². The van der Waals surface area contributed by atoms with Crippen LogP contribution in [0.1, 0.15) is 51.2 Å². The minimum atomic E-state index is -1.82. The minimum absolute atomic E-state index is 0.547. The van der Waals surface area contributed by atoms with E-state index in [1.54, 1.807) is 0 Å². The SMILES string of the molecule is CCC(C)NCCOc1cc(C)cc(C(C)C)c1.O=C(O)C(=O)O. The van der Waals surface area contributed by atoms with Crippen molar-refractivity contribution in [1.82, 2.24) is 5.32 Å². The monoisotopic (exact) mass is 339 g/mol. The Balaban J connectivity index is 0.000000754. The first kappa shape index (κ1) is 21.9. The quantitative estimate of drug-likeness (QED) is 0.522. The van der Waals surface area contributed by atoms with Crippen molar-refractivity contribution in [1.29, 1.82) is 0 Å². The van der Waals surface area contributed by atoms with Gasteiger partial charge in [-0.3, -0.25) is 0 Å². The summed E-state index contributed by atoms with van der Waals surface area (Å²) in [6, 6.07) is 7.06. The Hall–Kier alpha value is -2.08. The third kappa shape index (κ3) is 9.84. The summed E-state index contributed by atoms with van der Waals surface area (Å²) in [5.74, 6) is -2.11. The zero-order chi connectivity index (χ0) is 18.7. The first-order valence-electron chi connectivity index (χ1n) is 8.11. The lowest BCUT2D eigenvalue weighted by Crippen LogP contribution is -2.29. The largest absolute Gasteiger partial charge is 0.492 e. The molecule has 136 valence electrons. The molecule has 0 aliphatic rings. The Labute approximate surface area is 143 Å². The normalized spacial score (nSPS) is 11.4. The van der Waals surface area contributed by atoms with Gasteiger partial charge in [-0.2, -0.15) is 0 Å². The van der Waals surface area contributed by atoms with E-state index in [9.17, 15) is 0 Å². The van der Waals surface area contributed by atoms with Gasteiger partial charge in [0.15, 0.2) is 0 Å². The van der Waals surface area contributed by atoms with Crippen LogP contribution < -0.4 is 10.1 Å². The second kappa shape index (κ2) is 11.5. The Bertz CT molecular complexity index is 516. The number of rotatable bonds is 7. The van der Waals surface area contributed by atoms with Crippen molar-refractivity contribution in [3.8, 4) is 5.75 Å². The number of aryl methyl sites for hydroxylation is 1.